The van der Waals surface area contributed by atoms with Gasteiger partial charge in [0.15, 0.2) is 5.82 Å². The Balaban J connectivity index is 1.68. The number of anilines is 1. The molecule has 6 heteroatoms. The lowest BCUT2D eigenvalue weighted by Crippen LogP contribution is -2.34. The molecule has 0 saturated heterocycles. The molecule has 1 heterocycles. The molecule has 0 atom stereocenters. The lowest BCUT2D eigenvalue weighted by molar-refractivity contribution is -0.123. The number of hydrogen-bond donors (Lipinski definition) is 2. The first-order chi connectivity index (χ1) is 9.60. The molecule has 0 bridgehead atoms. The first-order valence-corrected chi connectivity index (χ1v) is 6.54. The molecule has 104 valence electrons. The molecule has 3 N–H and O–H groups in total. The van der Waals surface area contributed by atoms with Crippen LogP contribution in [0.2, 0.25) is 0 Å². The maximum atomic E-state index is 12.4. The molecule has 0 aliphatic heterocycles. The summed E-state index contributed by atoms with van der Waals surface area (Å²) in [5, 5.41) is 6.55. The zero-order valence-electron chi connectivity index (χ0n) is 11.2. The van der Waals surface area contributed by atoms with E-state index in [1.807, 2.05) is 24.3 Å². The second-order valence-electron chi connectivity index (χ2n) is 5.12. The smallest absolute Gasteiger partial charge is 0.246 e. The monoisotopic (exact) mass is 272 g/mol. The predicted molar refractivity (Wildman–Crippen MR) is 72.6 cm³/mol. The maximum Gasteiger partial charge on any atom is 0.246 e. The summed E-state index contributed by atoms with van der Waals surface area (Å²) in [5.41, 5.74) is 6.97. The maximum absolute atomic E-state index is 12.4. The molecule has 1 aliphatic rings. The molecule has 1 saturated carbocycles. The fourth-order valence-electron chi connectivity index (χ4n) is 2.31. The van der Waals surface area contributed by atoms with E-state index in [9.17, 15) is 4.79 Å². The zero-order valence-corrected chi connectivity index (χ0v) is 11.2. The molecule has 2 aromatic rings. The third-order valence-corrected chi connectivity index (χ3v) is 3.62. The van der Waals surface area contributed by atoms with Gasteiger partial charge in [0, 0.05) is 5.69 Å². The van der Waals surface area contributed by atoms with Gasteiger partial charge in [-0.1, -0.05) is 17.3 Å². The normalized spacial score (nSPS) is 15.8. The third kappa shape index (κ3) is 2.24. The van der Waals surface area contributed by atoms with Crippen LogP contribution in [0.3, 0.4) is 0 Å². The van der Waals surface area contributed by atoms with Crippen LogP contribution in [-0.2, 0) is 16.8 Å². The van der Waals surface area contributed by atoms with Crippen molar-refractivity contribution in [3.8, 4) is 0 Å². The quantitative estimate of drug-likeness (QED) is 0.818. The van der Waals surface area contributed by atoms with E-state index in [1.54, 1.807) is 6.92 Å². The van der Waals surface area contributed by atoms with Crippen molar-refractivity contribution in [2.45, 2.75) is 31.7 Å². The predicted octanol–water partition coefficient (Wildman–Crippen LogP) is 1.31. The van der Waals surface area contributed by atoms with Crippen LogP contribution in [0.15, 0.2) is 28.8 Å². The highest BCUT2D eigenvalue weighted by Crippen LogP contribution is 2.48. The van der Waals surface area contributed by atoms with Crippen molar-refractivity contribution in [1.29, 1.82) is 0 Å². The number of carbonyl (C=O) groups is 1. The van der Waals surface area contributed by atoms with E-state index in [0.29, 0.717) is 17.4 Å². The largest absolute Gasteiger partial charge is 0.399 e. The van der Waals surface area contributed by atoms with Crippen molar-refractivity contribution < 1.29 is 9.32 Å². The van der Waals surface area contributed by atoms with Crippen molar-refractivity contribution >= 4 is 11.6 Å². The Hall–Kier alpha value is -2.37. The van der Waals surface area contributed by atoms with E-state index >= 15 is 0 Å². The number of nitrogens with one attached hydrogen (secondary N) is 1. The number of nitrogens with zero attached hydrogens (tertiary/aromatic N) is 2. The minimum Gasteiger partial charge on any atom is -0.399 e. The van der Waals surface area contributed by atoms with Crippen molar-refractivity contribution in [3.63, 3.8) is 0 Å². The first kappa shape index (κ1) is 12.7. The number of nitrogens with two attached hydrogens (primary N) is 1. The molecular formula is C14H16N4O2. The standard InChI is InChI=1S/C14H16N4O2/c1-9-17-12(20-18-9)8-16-13(19)14(6-7-14)10-2-4-11(15)5-3-10/h2-5H,6-8,15H2,1H3,(H,16,19). The minimum atomic E-state index is -0.414. The van der Waals surface area contributed by atoms with Crippen LogP contribution in [0.5, 0.6) is 0 Å². The Kier molecular flexibility index (Phi) is 2.93. The van der Waals surface area contributed by atoms with Gasteiger partial charge in [-0.15, -0.1) is 0 Å². The Morgan fingerprint density at radius 3 is 2.65 bits per heavy atom. The topological polar surface area (TPSA) is 94.0 Å². The van der Waals surface area contributed by atoms with Gasteiger partial charge in [-0.2, -0.15) is 4.98 Å². The molecule has 6 nitrogen and oxygen atoms in total. The fraction of sp³-hybridized carbons (Fsp3) is 0.357. The summed E-state index contributed by atoms with van der Waals surface area (Å²) in [6.45, 7) is 2.00. The fourth-order valence-corrected chi connectivity index (χ4v) is 2.31. The molecule has 20 heavy (non-hydrogen) atoms. The third-order valence-electron chi connectivity index (χ3n) is 3.62. The summed E-state index contributed by atoms with van der Waals surface area (Å²) in [7, 11) is 0. The van der Waals surface area contributed by atoms with Crippen LogP contribution in [0.1, 0.15) is 30.1 Å². The second kappa shape index (κ2) is 4.63. The van der Waals surface area contributed by atoms with Gasteiger partial charge < -0.3 is 15.6 Å². The molecule has 1 aliphatic carbocycles. The molecule has 1 aromatic carbocycles. The van der Waals surface area contributed by atoms with Gasteiger partial charge in [0.2, 0.25) is 11.8 Å². The van der Waals surface area contributed by atoms with Gasteiger partial charge in [0.25, 0.3) is 0 Å². The Morgan fingerprint density at radius 1 is 1.40 bits per heavy atom. The number of carbonyl (C=O) groups excluding carboxylic acids is 1. The van der Waals surface area contributed by atoms with E-state index in [2.05, 4.69) is 15.5 Å². The van der Waals surface area contributed by atoms with E-state index in [0.717, 1.165) is 18.4 Å². The Bertz CT molecular complexity index is 629. The molecular weight excluding hydrogens is 256 g/mol. The van der Waals surface area contributed by atoms with Gasteiger partial charge in [-0.3, -0.25) is 4.79 Å². The van der Waals surface area contributed by atoms with E-state index in [-0.39, 0.29) is 12.5 Å². The first-order valence-electron chi connectivity index (χ1n) is 6.54. The summed E-state index contributed by atoms with van der Waals surface area (Å²) >= 11 is 0. The number of amides is 1. The average Bonchev–Trinajstić information content (AvgIpc) is 3.15. The molecule has 1 amide bonds. The lowest BCUT2D eigenvalue weighted by Gasteiger charge is -2.15. The summed E-state index contributed by atoms with van der Waals surface area (Å²) in [6.07, 6.45) is 1.71. The molecule has 1 aromatic heterocycles. The number of benzene rings is 1. The zero-order chi connectivity index (χ0) is 14.2. The van der Waals surface area contributed by atoms with Crippen LogP contribution in [0.4, 0.5) is 5.69 Å². The molecule has 0 unspecified atom stereocenters. The average molecular weight is 272 g/mol. The molecule has 3 rings (SSSR count). The Morgan fingerprint density at radius 2 is 2.10 bits per heavy atom. The number of aromatic nitrogens is 2. The van der Waals surface area contributed by atoms with Crippen LogP contribution in [-0.4, -0.2) is 16.0 Å². The van der Waals surface area contributed by atoms with Crippen molar-refractivity contribution in [3.05, 3.63) is 41.5 Å². The number of nitrogen functional groups attached to an aromatic ring is 1. The second-order valence-corrected chi connectivity index (χ2v) is 5.12. The van der Waals surface area contributed by atoms with E-state index < -0.39 is 5.41 Å². The van der Waals surface area contributed by atoms with Gasteiger partial charge in [0.1, 0.15) is 0 Å². The van der Waals surface area contributed by atoms with Crippen molar-refractivity contribution in [1.82, 2.24) is 15.5 Å². The molecule has 0 radical (unpaired) electrons. The van der Waals surface area contributed by atoms with Crippen molar-refractivity contribution in [2.24, 2.45) is 0 Å². The molecule has 0 spiro atoms. The van der Waals surface area contributed by atoms with Gasteiger partial charge in [0.05, 0.1) is 12.0 Å². The van der Waals surface area contributed by atoms with E-state index in [1.165, 1.54) is 0 Å². The van der Waals surface area contributed by atoms with Crippen LogP contribution >= 0.6 is 0 Å². The van der Waals surface area contributed by atoms with Gasteiger partial charge in [-0.25, -0.2) is 0 Å². The van der Waals surface area contributed by atoms with Gasteiger partial charge >= 0.3 is 0 Å². The number of aryl methyl sites for hydroxylation is 1. The van der Waals surface area contributed by atoms with Crippen LogP contribution in [0, 0.1) is 6.92 Å². The number of hydrogen-bond acceptors (Lipinski definition) is 5. The minimum absolute atomic E-state index is 0.00174. The summed E-state index contributed by atoms with van der Waals surface area (Å²) in [4.78, 5) is 16.4. The highest BCUT2D eigenvalue weighted by molar-refractivity contribution is 5.91. The summed E-state index contributed by atoms with van der Waals surface area (Å²) in [5.74, 6) is 0.982. The van der Waals surface area contributed by atoms with Gasteiger partial charge in [-0.05, 0) is 37.5 Å². The molecule has 1 fully saturated rings. The van der Waals surface area contributed by atoms with E-state index in [4.69, 9.17) is 10.3 Å². The number of rotatable bonds is 4. The summed E-state index contributed by atoms with van der Waals surface area (Å²) < 4.78 is 4.98. The highest BCUT2D eigenvalue weighted by Gasteiger charge is 2.51. The van der Waals surface area contributed by atoms with Crippen LogP contribution in [0.25, 0.3) is 0 Å². The van der Waals surface area contributed by atoms with Crippen molar-refractivity contribution in [2.75, 3.05) is 5.73 Å². The summed E-state index contributed by atoms with van der Waals surface area (Å²) in [6, 6.07) is 7.48. The SMILES string of the molecule is Cc1noc(CNC(=O)C2(c3ccc(N)cc3)CC2)n1. The van der Waals surface area contributed by atoms with Crippen LogP contribution < -0.4 is 11.1 Å². The lowest BCUT2D eigenvalue weighted by atomic mass is 9.95. The Labute approximate surface area is 116 Å². The highest BCUT2D eigenvalue weighted by atomic mass is 16.5.